The Balaban J connectivity index is 1.70. The van der Waals surface area contributed by atoms with Crippen molar-refractivity contribution < 1.29 is 0 Å². The zero-order valence-electron chi connectivity index (χ0n) is 11.6. The van der Waals surface area contributed by atoms with Crippen LogP contribution in [0.1, 0.15) is 25.7 Å². The Kier molecular flexibility index (Phi) is 3.03. The van der Waals surface area contributed by atoms with E-state index in [1.165, 1.54) is 43.3 Å². The van der Waals surface area contributed by atoms with E-state index in [2.05, 4.69) is 32.5 Å². The summed E-state index contributed by atoms with van der Waals surface area (Å²) in [6.07, 6.45) is 7.15. The minimum absolute atomic E-state index is 0.627. The van der Waals surface area contributed by atoms with E-state index in [9.17, 15) is 0 Å². The summed E-state index contributed by atoms with van der Waals surface area (Å²) < 4.78 is 0. The molecule has 1 aliphatic carbocycles. The molecule has 2 fully saturated rings. The van der Waals surface area contributed by atoms with Crippen LogP contribution in [-0.2, 0) is 0 Å². The fourth-order valence-corrected chi connectivity index (χ4v) is 3.20. The number of hydrogen-bond donors (Lipinski definition) is 1. The summed E-state index contributed by atoms with van der Waals surface area (Å²) in [5.74, 6) is 0. The number of nitrogens with one attached hydrogen (secondary N) is 1. The van der Waals surface area contributed by atoms with Crippen LogP contribution in [0.3, 0.4) is 0 Å². The molecular formula is C16H20N4. The molecule has 0 bridgehead atoms. The highest BCUT2D eigenvalue weighted by molar-refractivity contribution is 5.91. The van der Waals surface area contributed by atoms with Gasteiger partial charge in [0.2, 0.25) is 0 Å². The molecule has 1 saturated carbocycles. The van der Waals surface area contributed by atoms with Crippen molar-refractivity contribution in [3.63, 3.8) is 0 Å². The second kappa shape index (κ2) is 5.02. The van der Waals surface area contributed by atoms with Crippen molar-refractivity contribution in [1.82, 2.24) is 15.5 Å². The molecule has 2 heterocycles. The van der Waals surface area contributed by atoms with Gasteiger partial charge in [-0.1, -0.05) is 18.2 Å². The van der Waals surface area contributed by atoms with Gasteiger partial charge in [-0.3, -0.25) is 0 Å². The highest BCUT2D eigenvalue weighted by Crippen LogP contribution is 2.35. The molecule has 1 aromatic carbocycles. The predicted molar refractivity (Wildman–Crippen MR) is 80.9 cm³/mol. The summed E-state index contributed by atoms with van der Waals surface area (Å²) in [7, 11) is 0. The van der Waals surface area contributed by atoms with E-state index in [4.69, 9.17) is 0 Å². The summed E-state index contributed by atoms with van der Waals surface area (Å²) in [6.45, 7) is 2.26. The second-order valence-corrected chi connectivity index (χ2v) is 5.92. The Morgan fingerprint density at radius 3 is 2.90 bits per heavy atom. The minimum atomic E-state index is 0.627. The fraction of sp³-hybridized carbons (Fsp3) is 0.500. The molecule has 0 spiro atoms. The van der Waals surface area contributed by atoms with Gasteiger partial charge < -0.3 is 10.2 Å². The van der Waals surface area contributed by atoms with Crippen LogP contribution in [0.25, 0.3) is 10.9 Å². The number of benzene rings is 1. The fourth-order valence-electron chi connectivity index (χ4n) is 3.20. The van der Waals surface area contributed by atoms with E-state index in [0.717, 1.165) is 12.1 Å². The molecule has 1 aromatic heterocycles. The lowest BCUT2D eigenvalue weighted by Gasteiger charge is -2.28. The molecule has 104 valence electrons. The lowest BCUT2D eigenvalue weighted by molar-refractivity contribution is 0.579. The molecule has 0 radical (unpaired) electrons. The number of rotatable bonds is 4. The first-order chi connectivity index (χ1) is 9.92. The first-order valence-corrected chi connectivity index (χ1v) is 7.62. The van der Waals surface area contributed by atoms with Gasteiger partial charge in [-0.25, -0.2) is 0 Å². The maximum Gasteiger partial charge on any atom is 0.0950 e. The number of hydrogen-bond acceptors (Lipinski definition) is 4. The van der Waals surface area contributed by atoms with Crippen LogP contribution < -0.4 is 10.2 Å². The van der Waals surface area contributed by atoms with Crippen LogP contribution in [0.5, 0.6) is 0 Å². The Morgan fingerprint density at radius 1 is 1.20 bits per heavy atom. The first kappa shape index (κ1) is 12.1. The van der Waals surface area contributed by atoms with Gasteiger partial charge in [-0.05, 0) is 38.3 Å². The summed E-state index contributed by atoms with van der Waals surface area (Å²) in [6, 6.07) is 9.65. The molecule has 4 rings (SSSR count). The molecule has 1 atom stereocenters. The predicted octanol–water partition coefficient (Wildman–Crippen LogP) is 2.35. The van der Waals surface area contributed by atoms with Gasteiger partial charge in [-0.15, -0.1) is 0 Å². The average Bonchev–Trinajstić information content (AvgIpc) is 3.21. The summed E-state index contributed by atoms with van der Waals surface area (Å²) in [5.41, 5.74) is 2.25. The van der Waals surface area contributed by atoms with Crippen molar-refractivity contribution >= 4 is 16.6 Å². The molecule has 20 heavy (non-hydrogen) atoms. The third kappa shape index (κ3) is 2.24. The first-order valence-electron chi connectivity index (χ1n) is 7.62. The number of nitrogens with zero attached hydrogens (tertiary/aromatic N) is 3. The smallest absolute Gasteiger partial charge is 0.0950 e. The number of anilines is 1. The number of aromatic nitrogens is 2. The van der Waals surface area contributed by atoms with E-state index < -0.39 is 0 Å². The molecule has 0 amide bonds. The van der Waals surface area contributed by atoms with Gasteiger partial charge in [0.1, 0.15) is 0 Å². The van der Waals surface area contributed by atoms with E-state index in [1.807, 2.05) is 18.3 Å². The van der Waals surface area contributed by atoms with E-state index in [1.54, 1.807) is 0 Å². The average molecular weight is 268 g/mol. The molecule has 2 aromatic rings. The molecule has 1 aliphatic heterocycles. The summed E-state index contributed by atoms with van der Waals surface area (Å²) in [5, 5.41) is 13.3. The maximum absolute atomic E-state index is 4.24. The lowest BCUT2D eigenvalue weighted by Crippen LogP contribution is -2.39. The number of fused-ring (bicyclic) bond motifs is 1. The van der Waals surface area contributed by atoms with Crippen LogP contribution in [0.2, 0.25) is 0 Å². The van der Waals surface area contributed by atoms with Crippen molar-refractivity contribution in [2.75, 3.05) is 18.0 Å². The third-order valence-electron chi connectivity index (χ3n) is 4.40. The van der Waals surface area contributed by atoms with Crippen LogP contribution in [0.4, 0.5) is 5.69 Å². The van der Waals surface area contributed by atoms with Gasteiger partial charge in [-0.2, -0.15) is 10.2 Å². The van der Waals surface area contributed by atoms with Gasteiger partial charge >= 0.3 is 0 Å². The zero-order valence-corrected chi connectivity index (χ0v) is 11.6. The zero-order chi connectivity index (χ0) is 13.4. The maximum atomic E-state index is 4.24. The molecule has 1 unspecified atom stereocenters. The van der Waals surface area contributed by atoms with Crippen molar-refractivity contribution in [2.45, 2.75) is 37.8 Å². The summed E-state index contributed by atoms with van der Waals surface area (Å²) >= 11 is 0. The normalized spacial score (nSPS) is 22.3. The van der Waals surface area contributed by atoms with E-state index >= 15 is 0 Å². The van der Waals surface area contributed by atoms with Crippen LogP contribution in [0.15, 0.2) is 30.5 Å². The highest BCUT2D eigenvalue weighted by atomic mass is 15.2. The van der Waals surface area contributed by atoms with Crippen molar-refractivity contribution in [2.24, 2.45) is 0 Å². The van der Waals surface area contributed by atoms with Gasteiger partial charge in [0, 0.05) is 24.0 Å². The Labute approximate surface area is 119 Å². The third-order valence-corrected chi connectivity index (χ3v) is 4.40. The van der Waals surface area contributed by atoms with Gasteiger partial charge in [0.05, 0.1) is 17.4 Å². The van der Waals surface area contributed by atoms with Crippen molar-refractivity contribution in [3.8, 4) is 0 Å². The Morgan fingerprint density at radius 2 is 2.10 bits per heavy atom. The molecular weight excluding hydrogens is 248 g/mol. The lowest BCUT2D eigenvalue weighted by atomic mass is 10.1. The van der Waals surface area contributed by atoms with Crippen molar-refractivity contribution in [3.05, 3.63) is 30.5 Å². The quantitative estimate of drug-likeness (QED) is 0.924. The second-order valence-electron chi connectivity index (χ2n) is 5.92. The SMILES string of the molecule is c1ccc2c(N(CC3CCCN3)C3CC3)cnnc2c1. The van der Waals surface area contributed by atoms with Crippen LogP contribution in [-0.4, -0.2) is 35.4 Å². The Bertz CT molecular complexity index is 597. The molecule has 2 aliphatic rings. The van der Waals surface area contributed by atoms with Crippen LogP contribution >= 0.6 is 0 Å². The van der Waals surface area contributed by atoms with Crippen LogP contribution in [0, 0.1) is 0 Å². The summed E-state index contributed by atoms with van der Waals surface area (Å²) in [4.78, 5) is 2.56. The topological polar surface area (TPSA) is 41.0 Å². The monoisotopic (exact) mass is 268 g/mol. The highest BCUT2D eigenvalue weighted by Gasteiger charge is 2.32. The van der Waals surface area contributed by atoms with E-state index in [0.29, 0.717) is 12.1 Å². The van der Waals surface area contributed by atoms with Gasteiger partial charge in [0.15, 0.2) is 0 Å². The Hall–Kier alpha value is -1.68. The molecule has 4 heteroatoms. The standard InChI is InChI=1S/C16H20N4/c1-2-6-15-14(5-1)16(10-18-19-15)20(13-7-8-13)11-12-4-3-9-17-12/h1-2,5-6,10,12-13,17H,3-4,7-9,11H2. The minimum Gasteiger partial charge on any atom is -0.365 e. The molecule has 1 saturated heterocycles. The molecule has 1 N–H and O–H groups in total. The van der Waals surface area contributed by atoms with Crippen molar-refractivity contribution in [1.29, 1.82) is 0 Å². The van der Waals surface area contributed by atoms with E-state index in [-0.39, 0.29) is 0 Å². The molecule has 4 nitrogen and oxygen atoms in total. The largest absolute Gasteiger partial charge is 0.365 e. The van der Waals surface area contributed by atoms with Gasteiger partial charge in [0.25, 0.3) is 0 Å².